The van der Waals surface area contributed by atoms with Crippen LogP contribution in [0.5, 0.6) is 0 Å². The Morgan fingerprint density at radius 1 is 0.516 bits per heavy atom. The fourth-order valence-corrected chi connectivity index (χ4v) is 3.88. The Hall–Kier alpha value is -3.92. The Labute approximate surface area is 177 Å². The average Bonchev–Trinajstić information content (AvgIpc) is 2.80. The Morgan fingerprint density at radius 3 is 1.55 bits per heavy atom. The van der Waals surface area contributed by atoms with Crippen molar-refractivity contribution in [2.45, 2.75) is 0 Å². The van der Waals surface area contributed by atoms with Crippen molar-refractivity contribution in [3.05, 3.63) is 115 Å². The topological polar surface area (TPSA) is 12.9 Å². The summed E-state index contributed by atoms with van der Waals surface area (Å²) < 4.78 is 40.8. The lowest BCUT2D eigenvalue weighted by Gasteiger charge is -2.17. The lowest BCUT2D eigenvalue weighted by atomic mass is 9.87. The molecular formula is C27H16F3N. The van der Waals surface area contributed by atoms with E-state index in [1.807, 2.05) is 18.2 Å². The van der Waals surface area contributed by atoms with Crippen LogP contribution in [0.25, 0.3) is 44.3 Å². The van der Waals surface area contributed by atoms with Crippen LogP contribution in [0, 0.1) is 17.5 Å². The zero-order chi connectivity index (χ0) is 21.4. The molecule has 0 radical (unpaired) electrons. The summed E-state index contributed by atoms with van der Waals surface area (Å²) in [6, 6.07) is 24.6. The molecule has 1 nitrogen and oxygen atoms in total. The third kappa shape index (κ3) is 3.57. The van der Waals surface area contributed by atoms with E-state index >= 15 is 0 Å². The SMILES string of the molecule is Fc1ccc(-c2cc(-c3ccc(F)cc3)c3cccnc3c2-c2ccc(F)cc2)cc1. The van der Waals surface area contributed by atoms with Crippen LogP contribution >= 0.6 is 0 Å². The van der Waals surface area contributed by atoms with E-state index in [-0.39, 0.29) is 17.5 Å². The monoisotopic (exact) mass is 411 g/mol. The lowest BCUT2D eigenvalue weighted by Crippen LogP contribution is -1.94. The van der Waals surface area contributed by atoms with E-state index in [1.165, 1.54) is 36.4 Å². The van der Waals surface area contributed by atoms with Crippen LogP contribution in [0.3, 0.4) is 0 Å². The molecule has 5 rings (SSSR count). The molecule has 0 N–H and O–H groups in total. The van der Waals surface area contributed by atoms with Gasteiger partial charge in [-0.2, -0.15) is 0 Å². The highest BCUT2D eigenvalue weighted by molar-refractivity contribution is 6.08. The standard InChI is InChI=1S/C27H16F3N/c28-20-9-3-17(4-10-20)24-16-25(18-5-11-21(29)12-6-18)26(19-7-13-22(30)14-8-19)27-23(24)2-1-15-31-27/h1-16H. The lowest BCUT2D eigenvalue weighted by molar-refractivity contribution is 0.627. The number of nitrogens with zero attached hydrogens (tertiary/aromatic N) is 1. The molecule has 5 aromatic rings. The van der Waals surface area contributed by atoms with E-state index < -0.39 is 0 Å². The van der Waals surface area contributed by atoms with Gasteiger partial charge in [0.05, 0.1) is 5.52 Å². The highest BCUT2D eigenvalue weighted by atomic mass is 19.1. The third-order valence-corrected chi connectivity index (χ3v) is 5.34. The van der Waals surface area contributed by atoms with E-state index in [1.54, 1.807) is 42.6 Å². The molecule has 1 aromatic heterocycles. The van der Waals surface area contributed by atoms with Gasteiger partial charge in [0.15, 0.2) is 0 Å². The number of rotatable bonds is 3. The summed E-state index contributed by atoms with van der Waals surface area (Å²) in [6.45, 7) is 0. The molecule has 0 atom stereocenters. The van der Waals surface area contributed by atoms with Gasteiger partial charge in [0, 0.05) is 17.1 Å². The van der Waals surface area contributed by atoms with Crippen molar-refractivity contribution in [3.63, 3.8) is 0 Å². The molecule has 0 aliphatic carbocycles. The van der Waals surface area contributed by atoms with Gasteiger partial charge in [-0.3, -0.25) is 4.98 Å². The second-order valence-electron chi connectivity index (χ2n) is 7.27. The molecule has 0 bridgehead atoms. The van der Waals surface area contributed by atoms with Crippen molar-refractivity contribution in [1.82, 2.24) is 4.98 Å². The molecule has 4 aromatic carbocycles. The smallest absolute Gasteiger partial charge is 0.123 e. The summed E-state index contributed by atoms with van der Waals surface area (Å²) in [7, 11) is 0. The first kappa shape index (κ1) is 19.1. The maximum Gasteiger partial charge on any atom is 0.123 e. The molecule has 4 heteroatoms. The molecule has 1 heterocycles. The van der Waals surface area contributed by atoms with Crippen LogP contribution in [0.4, 0.5) is 13.2 Å². The number of hydrogen-bond acceptors (Lipinski definition) is 1. The number of pyridine rings is 1. The molecular weight excluding hydrogens is 395 g/mol. The van der Waals surface area contributed by atoms with Crippen molar-refractivity contribution in [3.8, 4) is 33.4 Å². The van der Waals surface area contributed by atoms with Gasteiger partial charge in [0.1, 0.15) is 17.5 Å². The van der Waals surface area contributed by atoms with Crippen LogP contribution in [0.1, 0.15) is 0 Å². The van der Waals surface area contributed by atoms with E-state index in [0.717, 1.165) is 44.3 Å². The largest absolute Gasteiger partial charge is 0.256 e. The van der Waals surface area contributed by atoms with Crippen LogP contribution in [0.2, 0.25) is 0 Å². The summed E-state index contributed by atoms with van der Waals surface area (Å²) in [6.07, 6.45) is 1.71. The first-order valence-electron chi connectivity index (χ1n) is 9.80. The van der Waals surface area contributed by atoms with Crippen LogP contribution in [-0.4, -0.2) is 4.98 Å². The fraction of sp³-hybridized carbons (Fsp3) is 0. The predicted octanol–water partition coefficient (Wildman–Crippen LogP) is 7.65. The molecule has 0 saturated heterocycles. The maximum absolute atomic E-state index is 13.6. The molecule has 0 aliphatic heterocycles. The van der Waals surface area contributed by atoms with E-state index in [9.17, 15) is 13.2 Å². The zero-order valence-corrected chi connectivity index (χ0v) is 16.3. The molecule has 0 unspecified atom stereocenters. The predicted molar refractivity (Wildman–Crippen MR) is 118 cm³/mol. The zero-order valence-electron chi connectivity index (χ0n) is 16.3. The first-order valence-corrected chi connectivity index (χ1v) is 9.80. The van der Waals surface area contributed by atoms with Crippen LogP contribution in [0.15, 0.2) is 97.2 Å². The van der Waals surface area contributed by atoms with Crippen molar-refractivity contribution in [2.75, 3.05) is 0 Å². The molecule has 0 fully saturated rings. The summed E-state index contributed by atoms with van der Waals surface area (Å²) >= 11 is 0. The van der Waals surface area contributed by atoms with Crippen molar-refractivity contribution in [2.24, 2.45) is 0 Å². The first-order chi connectivity index (χ1) is 15.1. The highest BCUT2D eigenvalue weighted by Crippen LogP contribution is 2.42. The second kappa shape index (κ2) is 7.73. The highest BCUT2D eigenvalue weighted by Gasteiger charge is 2.17. The molecule has 0 aliphatic rings. The van der Waals surface area contributed by atoms with Gasteiger partial charge in [-0.25, -0.2) is 13.2 Å². The number of halogens is 3. The maximum atomic E-state index is 13.6. The summed E-state index contributed by atoms with van der Waals surface area (Å²) in [4.78, 5) is 4.65. The Kier molecular flexibility index (Phi) is 4.75. The van der Waals surface area contributed by atoms with Gasteiger partial charge in [0.25, 0.3) is 0 Å². The fourth-order valence-electron chi connectivity index (χ4n) is 3.88. The van der Waals surface area contributed by atoms with Crippen molar-refractivity contribution in [1.29, 1.82) is 0 Å². The quantitative estimate of drug-likeness (QED) is 0.297. The minimum absolute atomic E-state index is 0.312. The van der Waals surface area contributed by atoms with E-state index in [0.29, 0.717) is 0 Å². The summed E-state index contributed by atoms with van der Waals surface area (Å²) in [5.41, 5.74) is 5.72. The van der Waals surface area contributed by atoms with Gasteiger partial charge < -0.3 is 0 Å². The molecule has 31 heavy (non-hydrogen) atoms. The average molecular weight is 411 g/mol. The van der Waals surface area contributed by atoms with E-state index in [2.05, 4.69) is 4.98 Å². The Balaban J connectivity index is 1.88. The summed E-state index contributed by atoms with van der Waals surface area (Å²) in [5.74, 6) is -0.968. The Bertz CT molecular complexity index is 1370. The van der Waals surface area contributed by atoms with Gasteiger partial charge >= 0.3 is 0 Å². The number of aromatic nitrogens is 1. The minimum atomic E-state index is -0.329. The molecule has 0 saturated carbocycles. The summed E-state index contributed by atoms with van der Waals surface area (Å²) in [5, 5.41) is 0.888. The van der Waals surface area contributed by atoms with Crippen LogP contribution < -0.4 is 0 Å². The third-order valence-electron chi connectivity index (χ3n) is 5.34. The molecule has 150 valence electrons. The van der Waals surface area contributed by atoms with Crippen LogP contribution in [-0.2, 0) is 0 Å². The number of hydrogen-bond donors (Lipinski definition) is 0. The van der Waals surface area contributed by atoms with Crippen molar-refractivity contribution < 1.29 is 13.2 Å². The van der Waals surface area contributed by atoms with Gasteiger partial charge in [0.2, 0.25) is 0 Å². The molecule has 0 amide bonds. The number of fused-ring (bicyclic) bond motifs is 1. The van der Waals surface area contributed by atoms with Gasteiger partial charge in [-0.15, -0.1) is 0 Å². The normalized spacial score (nSPS) is 11.1. The van der Waals surface area contributed by atoms with Crippen molar-refractivity contribution >= 4 is 10.9 Å². The van der Waals surface area contributed by atoms with Gasteiger partial charge in [-0.1, -0.05) is 42.5 Å². The minimum Gasteiger partial charge on any atom is -0.256 e. The van der Waals surface area contributed by atoms with E-state index in [4.69, 9.17) is 0 Å². The second-order valence-corrected chi connectivity index (χ2v) is 7.27. The molecule has 0 spiro atoms. The van der Waals surface area contributed by atoms with Gasteiger partial charge in [-0.05, 0) is 76.3 Å². The number of benzene rings is 4. The Morgan fingerprint density at radius 2 is 1.00 bits per heavy atom.